The van der Waals surface area contributed by atoms with Gasteiger partial charge in [-0.15, -0.1) is 0 Å². The number of aromatic nitrogens is 2. The molecular formula is C18H26BrN5O3. The summed E-state index contributed by atoms with van der Waals surface area (Å²) < 4.78 is 6.21. The van der Waals surface area contributed by atoms with Crippen LogP contribution in [0.4, 0.5) is 10.7 Å². The monoisotopic (exact) mass is 439 g/mol. The first-order valence-electron chi connectivity index (χ1n) is 9.24. The molecule has 0 radical (unpaired) electrons. The van der Waals surface area contributed by atoms with Crippen LogP contribution in [0, 0.1) is 0 Å². The Bertz CT molecular complexity index is 691. The van der Waals surface area contributed by atoms with E-state index < -0.39 is 11.7 Å². The molecule has 0 bridgehead atoms. The lowest BCUT2D eigenvalue weighted by atomic mass is 10.0. The lowest BCUT2D eigenvalue weighted by Gasteiger charge is -2.35. The van der Waals surface area contributed by atoms with E-state index in [-0.39, 0.29) is 18.0 Å². The summed E-state index contributed by atoms with van der Waals surface area (Å²) in [6.07, 6.45) is 5.38. The van der Waals surface area contributed by atoms with Crippen LogP contribution in [0.3, 0.4) is 0 Å². The van der Waals surface area contributed by atoms with E-state index in [9.17, 15) is 9.59 Å². The van der Waals surface area contributed by atoms with Gasteiger partial charge in [-0.05, 0) is 49.5 Å². The van der Waals surface area contributed by atoms with Crippen LogP contribution < -0.4 is 10.2 Å². The van der Waals surface area contributed by atoms with Crippen molar-refractivity contribution in [2.24, 2.45) is 0 Å². The molecule has 0 aromatic carbocycles. The molecule has 2 fully saturated rings. The van der Waals surface area contributed by atoms with Gasteiger partial charge in [-0.3, -0.25) is 4.79 Å². The molecule has 8 nitrogen and oxygen atoms in total. The number of nitrogens with one attached hydrogen (secondary N) is 1. The molecule has 0 aliphatic carbocycles. The number of rotatable bonds is 3. The van der Waals surface area contributed by atoms with Gasteiger partial charge in [0.05, 0.1) is 16.6 Å². The first-order chi connectivity index (χ1) is 12.7. The molecule has 1 aromatic rings. The summed E-state index contributed by atoms with van der Waals surface area (Å²) in [4.78, 5) is 37.4. The average Bonchev–Trinajstić information content (AvgIpc) is 2.97. The van der Waals surface area contributed by atoms with Gasteiger partial charge in [0.2, 0.25) is 11.9 Å². The van der Waals surface area contributed by atoms with Crippen LogP contribution in [0.5, 0.6) is 0 Å². The molecule has 0 saturated carbocycles. The maximum Gasteiger partial charge on any atom is 0.408 e. The topological polar surface area (TPSA) is 87.7 Å². The maximum absolute atomic E-state index is 12.5. The van der Waals surface area contributed by atoms with Gasteiger partial charge in [-0.1, -0.05) is 0 Å². The Morgan fingerprint density at radius 3 is 2.59 bits per heavy atom. The van der Waals surface area contributed by atoms with Gasteiger partial charge < -0.3 is 19.9 Å². The van der Waals surface area contributed by atoms with Crippen molar-refractivity contribution in [3.05, 3.63) is 16.9 Å². The fourth-order valence-electron chi connectivity index (χ4n) is 3.51. The Labute approximate surface area is 167 Å². The molecule has 27 heavy (non-hydrogen) atoms. The second-order valence-electron chi connectivity index (χ2n) is 7.97. The lowest BCUT2D eigenvalue weighted by molar-refractivity contribution is -0.135. The number of halogens is 1. The zero-order valence-corrected chi connectivity index (χ0v) is 17.5. The molecule has 148 valence electrons. The van der Waals surface area contributed by atoms with E-state index in [2.05, 4.69) is 31.2 Å². The van der Waals surface area contributed by atoms with E-state index in [1.54, 1.807) is 12.4 Å². The molecule has 2 unspecified atom stereocenters. The van der Waals surface area contributed by atoms with E-state index in [0.717, 1.165) is 17.3 Å². The predicted octanol–water partition coefficient (Wildman–Crippen LogP) is 2.33. The van der Waals surface area contributed by atoms with Gasteiger partial charge in [0.15, 0.2) is 0 Å². The van der Waals surface area contributed by atoms with Crippen LogP contribution in [-0.4, -0.2) is 64.2 Å². The molecule has 1 N–H and O–H groups in total. The van der Waals surface area contributed by atoms with Gasteiger partial charge in [-0.2, -0.15) is 0 Å². The molecule has 1 aromatic heterocycles. The van der Waals surface area contributed by atoms with Crippen LogP contribution in [0.15, 0.2) is 16.9 Å². The minimum Gasteiger partial charge on any atom is -0.444 e. The van der Waals surface area contributed by atoms with Crippen LogP contribution in [-0.2, 0) is 9.53 Å². The zero-order chi connectivity index (χ0) is 19.6. The number of carbonyl (C=O) groups is 2. The van der Waals surface area contributed by atoms with E-state index in [1.165, 1.54) is 0 Å². The number of anilines is 1. The van der Waals surface area contributed by atoms with Crippen molar-refractivity contribution in [1.82, 2.24) is 20.2 Å². The third kappa shape index (κ3) is 5.09. The van der Waals surface area contributed by atoms with Crippen LogP contribution >= 0.6 is 15.9 Å². The standard InChI is InChI=1S/C18H26BrN5O3/c1-18(2,3)27-17(26)22-13-10-23(16-20-8-12(19)9-21-16)11-14(13)24-7-5-4-6-15(24)25/h8-9,13-14H,4-7,10-11H2,1-3H3,(H,22,26). The lowest BCUT2D eigenvalue weighted by Crippen LogP contribution is -2.54. The van der Waals surface area contributed by atoms with Crippen molar-refractivity contribution >= 4 is 33.9 Å². The average molecular weight is 440 g/mol. The number of hydrogen-bond donors (Lipinski definition) is 1. The van der Waals surface area contributed by atoms with Crippen molar-refractivity contribution in [3.63, 3.8) is 0 Å². The molecule has 2 atom stereocenters. The summed E-state index contributed by atoms with van der Waals surface area (Å²) in [5.74, 6) is 0.724. The molecular weight excluding hydrogens is 414 g/mol. The van der Waals surface area contributed by atoms with Crippen LogP contribution in [0.2, 0.25) is 0 Å². The van der Waals surface area contributed by atoms with Gasteiger partial charge in [0, 0.05) is 38.4 Å². The SMILES string of the molecule is CC(C)(C)OC(=O)NC1CN(c2ncc(Br)cn2)CC1N1CCCCC1=O. The molecule has 2 amide bonds. The second kappa shape index (κ2) is 8.00. The fourth-order valence-corrected chi connectivity index (χ4v) is 3.72. The number of amides is 2. The number of likely N-dealkylation sites (tertiary alicyclic amines) is 1. The second-order valence-corrected chi connectivity index (χ2v) is 8.89. The van der Waals surface area contributed by atoms with Gasteiger partial charge >= 0.3 is 6.09 Å². The van der Waals surface area contributed by atoms with Crippen LogP contribution in [0.25, 0.3) is 0 Å². The summed E-state index contributed by atoms with van der Waals surface area (Å²) >= 11 is 3.34. The number of piperidine rings is 1. The molecule has 3 rings (SSSR count). The smallest absolute Gasteiger partial charge is 0.408 e. The Balaban J connectivity index is 1.77. The summed E-state index contributed by atoms with van der Waals surface area (Å²) in [6, 6.07) is -0.369. The summed E-state index contributed by atoms with van der Waals surface area (Å²) in [5.41, 5.74) is -0.576. The third-order valence-corrected chi connectivity index (χ3v) is 5.05. The Kier molecular flexibility index (Phi) is 5.88. The molecule has 2 aliphatic heterocycles. The minimum atomic E-state index is -0.576. The summed E-state index contributed by atoms with van der Waals surface area (Å²) in [5, 5.41) is 2.95. The molecule has 2 saturated heterocycles. The Hall–Kier alpha value is -1.90. The quantitative estimate of drug-likeness (QED) is 0.777. The first-order valence-corrected chi connectivity index (χ1v) is 10.0. The highest BCUT2D eigenvalue weighted by Crippen LogP contribution is 2.25. The minimum absolute atomic E-state index is 0.127. The molecule has 2 aliphatic rings. The van der Waals surface area contributed by atoms with E-state index in [0.29, 0.717) is 32.0 Å². The van der Waals surface area contributed by atoms with E-state index in [1.807, 2.05) is 30.6 Å². The van der Waals surface area contributed by atoms with Crippen molar-refractivity contribution in [1.29, 1.82) is 0 Å². The zero-order valence-electron chi connectivity index (χ0n) is 15.9. The normalized spacial score (nSPS) is 23.5. The van der Waals surface area contributed by atoms with Crippen LogP contribution in [0.1, 0.15) is 40.0 Å². The third-order valence-electron chi connectivity index (χ3n) is 4.64. The summed E-state index contributed by atoms with van der Waals surface area (Å²) in [7, 11) is 0. The Morgan fingerprint density at radius 1 is 1.26 bits per heavy atom. The molecule has 9 heteroatoms. The first kappa shape index (κ1) is 19.9. The number of carbonyl (C=O) groups excluding carboxylic acids is 2. The number of nitrogens with zero attached hydrogens (tertiary/aromatic N) is 4. The van der Waals surface area contributed by atoms with Gasteiger partial charge in [-0.25, -0.2) is 14.8 Å². The molecule has 0 spiro atoms. The number of hydrogen-bond acceptors (Lipinski definition) is 6. The van der Waals surface area contributed by atoms with Gasteiger partial charge in [0.1, 0.15) is 5.60 Å². The highest BCUT2D eigenvalue weighted by atomic mass is 79.9. The largest absolute Gasteiger partial charge is 0.444 e. The highest BCUT2D eigenvalue weighted by molar-refractivity contribution is 9.10. The number of alkyl carbamates (subject to hydrolysis) is 1. The predicted molar refractivity (Wildman–Crippen MR) is 104 cm³/mol. The maximum atomic E-state index is 12.5. The Morgan fingerprint density at radius 2 is 1.96 bits per heavy atom. The van der Waals surface area contributed by atoms with Crippen molar-refractivity contribution in [2.45, 2.75) is 57.7 Å². The fraction of sp³-hybridized carbons (Fsp3) is 0.667. The van der Waals surface area contributed by atoms with Crippen molar-refractivity contribution in [2.75, 3.05) is 24.5 Å². The molecule has 3 heterocycles. The van der Waals surface area contributed by atoms with Crippen molar-refractivity contribution in [3.8, 4) is 0 Å². The number of ether oxygens (including phenoxy) is 1. The van der Waals surface area contributed by atoms with E-state index >= 15 is 0 Å². The van der Waals surface area contributed by atoms with E-state index in [4.69, 9.17) is 4.74 Å². The highest BCUT2D eigenvalue weighted by Gasteiger charge is 2.41. The summed E-state index contributed by atoms with van der Waals surface area (Å²) in [6.45, 7) is 7.30. The van der Waals surface area contributed by atoms with Gasteiger partial charge in [0.25, 0.3) is 0 Å². The van der Waals surface area contributed by atoms with Crippen molar-refractivity contribution < 1.29 is 14.3 Å².